The molecule has 0 bridgehead atoms. The van der Waals surface area contributed by atoms with Gasteiger partial charge in [0.05, 0.1) is 28.3 Å². The Kier molecular flexibility index (Phi) is 5.76. The lowest BCUT2D eigenvalue weighted by Crippen LogP contribution is -2.13. The Balaban J connectivity index is 1.87. The molecular formula is C20H15ClN2O5. The molecule has 3 aromatic carbocycles. The van der Waals surface area contributed by atoms with Crippen LogP contribution in [0.4, 0.5) is 11.4 Å². The summed E-state index contributed by atoms with van der Waals surface area (Å²) >= 11 is 6.08. The van der Waals surface area contributed by atoms with Crippen molar-refractivity contribution in [2.45, 2.75) is 0 Å². The maximum absolute atomic E-state index is 12.8. The van der Waals surface area contributed by atoms with Gasteiger partial charge in [-0.1, -0.05) is 35.9 Å². The molecule has 0 heterocycles. The molecule has 7 nitrogen and oxygen atoms in total. The van der Waals surface area contributed by atoms with Gasteiger partial charge in [0.2, 0.25) is 0 Å². The van der Waals surface area contributed by atoms with Crippen LogP contribution in [0.3, 0.4) is 0 Å². The molecule has 0 fully saturated rings. The predicted molar refractivity (Wildman–Crippen MR) is 106 cm³/mol. The molecule has 0 saturated heterocycles. The quantitative estimate of drug-likeness (QED) is 0.449. The molecule has 142 valence electrons. The molecule has 8 heteroatoms. The van der Waals surface area contributed by atoms with Crippen molar-refractivity contribution >= 4 is 28.9 Å². The first-order valence-electron chi connectivity index (χ1n) is 8.15. The van der Waals surface area contributed by atoms with Gasteiger partial charge in [-0.3, -0.25) is 14.9 Å². The van der Waals surface area contributed by atoms with E-state index in [-0.39, 0.29) is 27.8 Å². The van der Waals surface area contributed by atoms with Gasteiger partial charge in [-0.25, -0.2) is 0 Å². The summed E-state index contributed by atoms with van der Waals surface area (Å²) in [6, 6.07) is 17.5. The highest BCUT2D eigenvalue weighted by atomic mass is 35.5. The van der Waals surface area contributed by atoms with Gasteiger partial charge in [0, 0.05) is 12.1 Å². The number of nitrogens with zero attached hydrogens (tertiary/aromatic N) is 1. The van der Waals surface area contributed by atoms with E-state index in [2.05, 4.69) is 5.32 Å². The Morgan fingerprint density at radius 3 is 2.36 bits per heavy atom. The monoisotopic (exact) mass is 398 g/mol. The van der Waals surface area contributed by atoms with Crippen molar-refractivity contribution in [2.75, 3.05) is 12.4 Å². The molecule has 0 saturated carbocycles. The largest absolute Gasteiger partial charge is 0.495 e. The van der Waals surface area contributed by atoms with Crippen molar-refractivity contribution in [1.29, 1.82) is 0 Å². The van der Waals surface area contributed by atoms with Gasteiger partial charge in [-0.2, -0.15) is 0 Å². The topological polar surface area (TPSA) is 90.7 Å². The Morgan fingerprint density at radius 2 is 1.68 bits per heavy atom. The number of hydrogen-bond acceptors (Lipinski definition) is 5. The van der Waals surface area contributed by atoms with E-state index in [1.54, 1.807) is 48.5 Å². The van der Waals surface area contributed by atoms with Crippen LogP contribution in [-0.4, -0.2) is 17.9 Å². The minimum atomic E-state index is -0.551. The molecule has 1 amide bonds. The van der Waals surface area contributed by atoms with Crippen molar-refractivity contribution < 1.29 is 19.2 Å². The first-order chi connectivity index (χ1) is 13.5. The van der Waals surface area contributed by atoms with E-state index in [1.807, 2.05) is 0 Å². The summed E-state index contributed by atoms with van der Waals surface area (Å²) < 4.78 is 11.0. The minimum absolute atomic E-state index is 0.0640. The third kappa shape index (κ3) is 4.21. The molecule has 0 aliphatic carbocycles. The summed E-state index contributed by atoms with van der Waals surface area (Å²) in [5.41, 5.74) is 0.626. The number of nitro benzene ring substituents is 1. The number of nitrogens with one attached hydrogen (secondary N) is 1. The number of ether oxygens (including phenoxy) is 2. The highest BCUT2D eigenvalue weighted by Crippen LogP contribution is 2.34. The molecule has 0 unspecified atom stereocenters. The van der Waals surface area contributed by atoms with Crippen molar-refractivity contribution in [2.24, 2.45) is 0 Å². The Morgan fingerprint density at radius 1 is 1.00 bits per heavy atom. The lowest BCUT2D eigenvalue weighted by Gasteiger charge is -2.13. The summed E-state index contributed by atoms with van der Waals surface area (Å²) in [4.78, 5) is 23.0. The van der Waals surface area contributed by atoms with Crippen molar-refractivity contribution in [3.05, 3.63) is 87.4 Å². The Bertz CT molecular complexity index is 1040. The number of hydrogen-bond donors (Lipinski definition) is 1. The molecule has 0 aliphatic rings. The predicted octanol–water partition coefficient (Wildman–Crippen LogP) is 5.30. The second-order valence-corrected chi connectivity index (χ2v) is 6.03. The highest BCUT2D eigenvalue weighted by Gasteiger charge is 2.17. The Hall–Kier alpha value is -3.58. The van der Waals surface area contributed by atoms with Crippen molar-refractivity contribution in [3.8, 4) is 17.2 Å². The SMILES string of the molecule is COc1ccccc1NC(=O)c1ccccc1Oc1ccc([N+](=O)[O-])cc1Cl. The summed E-state index contributed by atoms with van der Waals surface area (Å²) in [7, 11) is 1.51. The van der Waals surface area contributed by atoms with Crippen LogP contribution in [-0.2, 0) is 0 Å². The summed E-state index contributed by atoms with van der Waals surface area (Å²) in [6.45, 7) is 0. The van der Waals surface area contributed by atoms with Gasteiger partial charge in [0.15, 0.2) is 0 Å². The lowest BCUT2D eigenvalue weighted by atomic mass is 10.1. The zero-order valence-electron chi connectivity index (χ0n) is 14.7. The first kappa shape index (κ1) is 19.2. The number of methoxy groups -OCH3 is 1. The molecule has 0 aromatic heterocycles. The van der Waals surface area contributed by atoms with Gasteiger partial charge >= 0.3 is 0 Å². The molecule has 28 heavy (non-hydrogen) atoms. The molecule has 1 N–H and O–H groups in total. The third-order valence-electron chi connectivity index (χ3n) is 3.83. The van der Waals surface area contributed by atoms with Crippen LogP contribution in [0.25, 0.3) is 0 Å². The number of benzene rings is 3. The van der Waals surface area contributed by atoms with Crippen LogP contribution in [0, 0.1) is 10.1 Å². The fourth-order valence-corrected chi connectivity index (χ4v) is 2.70. The van der Waals surface area contributed by atoms with E-state index in [4.69, 9.17) is 21.1 Å². The van der Waals surface area contributed by atoms with Crippen LogP contribution >= 0.6 is 11.6 Å². The number of para-hydroxylation sites is 3. The lowest BCUT2D eigenvalue weighted by molar-refractivity contribution is -0.384. The molecule has 0 atom stereocenters. The summed E-state index contributed by atoms with van der Waals surface area (Å²) in [5, 5.41) is 13.7. The zero-order valence-corrected chi connectivity index (χ0v) is 15.5. The second-order valence-electron chi connectivity index (χ2n) is 5.62. The average Bonchev–Trinajstić information content (AvgIpc) is 2.70. The van der Waals surface area contributed by atoms with Crippen LogP contribution in [0.5, 0.6) is 17.2 Å². The smallest absolute Gasteiger partial charge is 0.271 e. The molecule has 3 aromatic rings. The maximum atomic E-state index is 12.8. The number of halogens is 1. The zero-order chi connectivity index (χ0) is 20.1. The fraction of sp³-hybridized carbons (Fsp3) is 0.0500. The van der Waals surface area contributed by atoms with E-state index in [0.717, 1.165) is 0 Å². The van der Waals surface area contributed by atoms with Crippen molar-refractivity contribution in [1.82, 2.24) is 0 Å². The second kappa shape index (κ2) is 8.41. The van der Waals surface area contributed by atoms with Crippen LogP contribution in [0.1, 0.15) is 10.4 Å². The first-order valence-corrected chi connectivity index (χ1v) is 8.52. The number of anilines is 1. The summed E-state index contributed by atoms with van der Waals surface area (Å²) in [6.07, 6.45) is 0. The summed E-state index contributed by atoms with van der Waals surface area (Å²) in [5.74, 6) is 0.571. The van der Waals surface area contributed by atoms with E-state index >= 15 is 0 Å². The van der Waals surface area contributed by atoms with Crippen molar-refractivity contribution in [3.63, 3.8) is 0 Å². The minimum Gasteiger partial charge on any atom is -0.495 e. The number of non-ortho nitro benzene ring substituents is 1. The molecule has 0 aliphatic heterocycles. The van der Waals surface area contributed by atoms with Gasteiger partial charge in [-0.05, 0) is 30.3 Å². The average molecular weight is 399 g/mol. The third-order valence-corrected chi connectivity index (χ3v) is 4.13. The number of carbonyl (C=O) groups is 1. The normalized spacial score (nSPS) is 10.2. The van der Waals surface area contributed by atoms with Crippen LogP contribution in [0.15, 0.2) is 66.7 Å². The standard InChI is InChI=1S/C20H15ClN2O5/c1-27-19-9-5-3-7-16(19)22-20(24)14-6-2-4-8-17(14)28-18-11-10-13(23(25)26)12-15(18)21/h2-12H,1H3,(H,22,24). The van der Waals surface area contributed by atoms with E-state index in [1.165, 1.54) is 25.3 Å². The fourth-order valence-electron chi connectivity index (χ4n) is 2.49. The van der Waals surface area contributed by atoms with E-state index < -0.39 is 10.8 Å². The molecule has 3 rings (SSSR count). The van der Waals surface area contributed by atoms with Crippen LogP contribution < -0.4 is 14.8 Å². The molecule has 0 spiro atoms. The number of nitro groups is 1. The van der Waals surface area contributed by atoms with Gasteiger partial charge in [0.25, 0.3) is 11.6 Å². The Labute approximate surface area is 165 Å². The van der Waals surface area contributed by atoms with E-state index in [9.17, 15) is 14.9 Å². The van der Waals surface area contributed by atoms with Gasteiger partial charge < -0.3 is 14.8 Å². The number of carbonyl (C=O) groups excluding carboxylic acids is 1. The number of rotatable bonds is 6. The maximum Gasteiger partial charge on any atom is 0.271 e. The van der Waals surface area contributed by atoms with Crippen LogP contribution in [0.2, 0.25) is 5.02 Å². The van der Waals surface area contributed by atoms with Gasteiger partial charge in [-0.15, -0.1) is 0 Å². The molecular weight excluding hydrogens is 384 g/mol. The molecule has 0 radical (unpaired) electrons. The number of amides is 1. The highest BCUT2D eigenvalue weighted by molar-refractivity contribution is 6.32. The van der Waals surface area contributed by atoms with Gasteiger partial charge in [0.1, 0.15) is 17.2 Å². The van der Waals surface area contributed by atoms with E-state index in [0.29, 0.717) is 11.4 Å².